The minimum Gasteiger partial charge on any atom is -0.351 e. The average molecular weight is 302 g/mol. The maximum atomic E-state index is 12.6. The minimum atomic E-state index is -0.0636. The van der Waals surface area contributed by atoms with Crippen molar-refractivity contribution in [2.75, 3.05) is 13.1 Å². The third kappa shape index (κ3) is 2.91. The molecule has 2 aromatic rings. The highest BCUT2D eigenvalue weighted by atomic mass is 16.5. The summed E-state index contributed by atoms with van der Waals surface area (Å²) in [6, 6.07) is 3.77. The number of aromatic amines is 1. The molecular formula is C16H22N4O2. The Kier molecular flexibility index (Phi) is 4.27. The molecule has 1 fully saturated rings. The average Bonchev–Trinajstić information content (AvgIpc) is 3.25. The summed E-state index contributed by atoms with van der Waals surface area (Å²) < 4.78 is 5.27. The molecular weight excluding hydrogens is 280 g/mol. The van der Waals surface area contributed by atoms with Gasteiger partial charge in [0.25, 0.3) is 5.91 Å². The number of aromatic nitrogens is 3. The lowest BCUT2D eigenvalue weighted by molar-refractivity contribution is 0.0663. The lowest BCUT2D eigenvalue weighted by atomic mass is 9.95. The Balaban J connectivity index is 1.70. The number of nitrogens with one attached hydrogen (secondary N) is 1. The Morgan fingerprint density at radius 3 is 3.18 bits per heavy atom. The van der Waals surface area contributed by atoms with Crippen LogP contribution in [-0.4, -0.2) is 39.3 Å². The van der Waals surface area contributed by atoms with Gasteiger partial charge in [-0.15, -0.1) is 0 Å². The van der Waals surface area contributed by atoms with Gasteiger partial charge in [0.05, 0.1) is 5.69 Å². The molecule has 0 bridgehead atoms. The van der Waals surface area contributed by atoms with Gasteiger partial charge in [-0.1, -0.05) is 19.0 Å². The molecule has 0 aliphatic carbocycles. The maximum absolute atomic E-state index is 12.6. The smallest absolute Gasteiger partial charge is 0.292 e. The Morgan fingerprint density at radius 1 is 1.59 bits per heavy atom. The van der Waals surface area contributed by atoms with Gasteiger partial charge in [-0.25, -0.2) is 0 Å². The predicted molar refractivity (Wildman–Crippen MR) is 81.7 cm³/mol. The summed E-state index contributed by atoms with van der Waals surface area (Å²) in [6.07, 6.45) is 4.79. The molecule has 6 nitrogen and oxygen atoms in total. The molecule has 0 spiro atoms. The SMILES string of the molecule is CC[C@H](C)c1cc(C(=O)N2CCC[C@@H](c3ccn[nH]3)C2)on1. The number of carbonyl (C=O) groups excluding carboxylic acids is 1. The van der Waals surface area contributed by atoms with Gasteiger partial charge in [0.2, 0.25) is 5.76 Å². The molecule has 6 heteroatoms. The fourth-order valence-corrected chi connectivity index (χ4v) is 2.90. The van der Waals surface area contributed by atoms with Crippen LogP contribution < -0.4 is 0 Å². The van der Waals surface area contributed by atoms with E-state index in [-0.39, 0.29) is 5.91 Å². The lowest BCUT2D eigenvalue weighted by Crippen LogP contribution is -2.39. The van der Waals surface area contributed by atoms with Crippen LogP contribution in [0, 0.1) is 0 Å². The molecule has 3 heterocycles. The van der Waals surface area contributed by atoms with Crippen molar-refractivity contribution in [3.8, 4) is 0 Å². The summed E-state index contributed by atoms with van der Waals surface area (Å²) in [5.74, 6) is 0.911. The molecule has 1 amide bonds. The van der Waals surface area contributed by atoms with Gasteiger partial charge in [-0.05, 0) is 25.3 Å². The van der Waals surface area contributed by atoms with Crippen LogP contribution >= 0.6 is 0 Å². The Labute approximate surface area is 129 Å². The number of amides is 1. The number of hydrogen-bond donors (Lipinski definition) is 1. The molecule has 1 N–H and O–H groups in total. The van der Waals surface area contributed by atoms with E-state index in [1.54, 1.807) is 12.3 Å². The van der Waals surface area contributed by atoms with Crippen LogP contribution in [0.5, 0.6) is 0 Å². The maximum Gasteiger partial charge on any atom is 0.292 e. The van der Waals surface area contributed by atoms with Gasteiger partial charge in [0.1, 0.15) is 0 Å². The van der Waals surface area contributed by atoms with E-state index in [0.29, 0.717) is 24.1 Å². The first-order valence-electron chi connectivity index (χ1n) is 7.94. The van der Waals surface area contributed by atoms with Crippen LogP contribution in [0.25, 0.3) is 0 Å². The Bertz CT molecular complexity index is 620. The van der Waals surface area contributed by atoms with E-state index in [1.165, 1.54) is 0 Å². The van der Waals surface area contributed by atoms with E-state index in [9.17, 15) is 4.79 Å². The summed E-state index contributed by atoms with van der Waals surface area (Å²) >= 11 is 0. The first kappa shape index (κ1) is 14.8. The van der Waals surface area contributed by atoms with Gasteiger partial charge in [-0.3, -0.25) is 9.89 Å². The zero-order chi connectivity index (χ0) is 15.5. The van der Waals surface area contributed by atoms with Gasteiger partial charge >= 0.3 is 0 Å². The van der Waals surface area contributed by atoms with Crippen LogP contribution in [-0.2, 0) is 0 Å². The first-order valence-corrected chi connectivity index (χ1v) is 7.94. The van der Waals surface area contributed by atoms with Crippen LogP contribution in [0.4, 0.5) is 0 Å². The van der Waals surface area contributed by atoms with Gasteiger partial charge < -0.3 is 9.42 Å². The van der Waals surface area contributed by atoms with E-state index in [0.717, 1.165) is 37.2 Å². The zero-order valence-corrected chi connectivity index (χ0v) is 13.1. The highest BCUT2D eigenvalue weighted by molar-refractivity contribution is 5.91. The molecule has 1 aliphatic rings. The Hall–Kier alpha value is -2.11. The summed E-state index contributed by atoms with van der Waals surface area (Å²) in [5, 5.41) is 11.0. The lowest BCUT2D eigenvalue weighted by Gasteiger charge is -2.31. The number of rotatable bonds is 4. The van der Waals surface area contributed by atoms with Crippen LogP contribution in [0.3, 0.4) is 0 Å². The predicted octanol–water partition coefficient (Wildman–Crippen LogP) is 2.93. The minimum absolute atomic E-state index is 0.0636. The molecule has 0 unspecified atom stereocenters. The number of H-pyrrole nitrogens is 1. The first-order chi connectivity index (χ1) is 10.7. The number of likely N-dealkylation sites (tertiary alicyclic amines) is 1. The standard InChI is InChI=1S/C16H22N4O2/c1-3-11(2)14-9-15(22-19-14)16(21)20-8-4-5-12(10-20)13-6-7-17-18-13/h6-7,9,11-12H,3-5,8,10H2,1-2H3,(H,17,18)/t11-,12+/m0/s1. The largest absolute Gasteiger partial charge is 0.351 e. The highest BCUT2D eigenvalue weighted by Crippen LogP contribution is 2.27. The van der Waals surface area contributed by atoms with Crippen molar-refractivity contribution in [3.05, 3.63) is 35.5 Å². The number of piperidine rings is 1. The zero-order valence-electron chi connectivity index (χ0n) is 13.1. The molecule has 0 radical (unpaired) electrons. The molecule has 1 saturated heterocycles. The number of carbonyl (C=O) groups is 1. The second-order valence-corrected chi connectivity index (χ2v) is 6.03. The summed E-state index contributed by atoms with van der Waals surface area (Å²) in [5.41, 5.74) is 1.95. The second kappa shape index (κ2) is 6.34. The number of nitrogens with zero attached hydrogens (tertiary/aromatic N) is 3. The fraction of sp³-hybridized carbons (Fsp3) is 0.562. The molecule has 0 saturated carbocycles. The molecule has 2 atom stereocenters. The Morgan fingerprint density at radius 2 is 2.45 bits per heavy atom. The van der Waals surface area contributed by atoms with Crippen molar-refractivity contribution in [2.45, 2.75) is 44.9 Å². The summed E-state index contributed by atoms with van der Waals surface area (Å²) in [4.78, 5) is 14.5. The quantitative estimate of drug-likeness (QED) is 0.942. The third-order valence-corrected chi connectivity index (χ3v) is 4.53. The monoisotopic (exact) mass is 302 g/mol. The van der Waals surface area contributed by atoms with Crippen molar-refractivity contribution in [3.63, 3.8) is 0 Å². The molecule has 22 heavy (non-hydrogen) atoms. The normalized spacial score (nSPS) is 20.1. The second-order valence-electron chi connectivity index (χ2n) is 6.03. The van der Waals surface area contributed by atoms with E-state index >= 15 is 0 Å². The molecule has 0 aromatic carbocycles. The van der Waals surface area contributed by atoms with Crippen LogP contribution in [0.2, 0.25) is 0 Å². The van der Waals surface area contributed by atoms with Crippen LogP contribution in [0.1, 0.15) is 66.9 Å². The van der Waals surface area contributed by atoms with Crippen LogP contribution in [0.15, 0.2) is 22.9 Å². The highest BCUT2D eigenvalue weighted by Gasteiger charge is 2.28. The summed E-state index contributed by atoms with van der Waals surface area (Å²) in [7, 11) is 0. The van der Waals surface area contributed by atoms with Crippen molar-refractivity contribution >= 4 is 5.91 Å². The number of hydrogen-bond acceptors (Lipinski definition) is 4. The third-order valence-electron chi connectivity index (χ3n) is 4.53. The van der Waals surface area contributed by atoms with Gasteiger partial charge in [-0.2, -0.15) is 5.10 Å². The van der Waals surface area contributed by atoms with Crippen molar-refractivity contribution < 1.29 is 9.32 Å². The molecule has 1 aliphatic heterocycles. The van der Waals surface area contributed by atoms with Crippen molar-refractivity contribution in [1.82, 2.24) is 20.3 Å². The van der Waals surface area contributed by atoms with E-state index in [2.05, 4.69) is 29.2 Å². The van der Waals surface area contributed by atoms with Gasteiger partial charge in [0, 0.05) is 42.9 Å². The van der Waals surface area contributed by atoms with Crippen molar-refractivity contribution in [2.24, 2.45) is 0 Å². The molecule has 118 valence electrons. The van der Waals surface area contributed by atoms with E-state index in [1.807, 2.05) is 11.0 Å². The molecule has 2 aromatic heterocycles. The van der Waals surface area contributed by atoms with E-state index in [4.69, 9.17) is 4.52 Å². The van der Waals surface area contributed by atoms with Gasteiger partial charge in [0.15, 0.2) is 0 Å². The van der Waals surface area contributed by atoms with Crippen molar-refractivity contribution in [1.29, 1.82) is 0 Å². The topological polar surface area (TPSA) is 75.0 Å². The fourth-order valence-electron chi connectivity index (χ4n) is 2.90. The van der Waals surface area contributed by atoms with E-state index < -0.39 is 0 Å². The summed E-state index contributed by atoms with van der Waals surface area (Å²) in [6.45, 7) is 5.64. The molecule has 3 rings (SSSR count).